The summed E-state index contributed by atoms with van der Waals surface area (Å²) in [5, 5.41) is 7.04. The molecule has 0 aliphatic heterocycles. The first-order chi connectivity index (χ1) is 12.8. The monoisotopic (exact) mass is 356 g/mol. The van der Waals surface area contributed by atoms with Crippen LogP contribution in [0, 0.1) is 6.92 Å². The number of aromatic nitrogens is 3. The van der Waals surface area contributed by atoms with E-state index in [9.17, 15) is 0 Å². The number of benzene rings is 2. The molecule has 0 amide bonds. The second-order valence-corrected chi connectivity index (χ2v) is 7.40. The molecule has 3 heterocycles. The van der Waals surface area contributed by atoms with Gasteiger partial charge in [0.25, 0.3) is 0 Å². The quantitative estimate of drug-likeness (QED) is 0.423. The van der Waals surface area contributed by atoms with Crippen LogP contribution in [0.2, 0.25) is 0 Å². The van der Waals surface area contributed by atoms with E-state index in [4.69, 9.17) is 5.10 Å². The molecule has 0 bridgehead atoms. The molecule has 0 unspecified atom stereocenters. The summed E-state index contributed by atoms with van der Waals surface area (Å²) in [6, 6.07) is 25.6. The van der Waals surface area contributed by atoms with Crippen molar-refractivity contribution in [2.45, 2.75) is 13.5 Å². The minimum absolute atomic E-state index is 0.826. The van der Waals surface area contributed by atoms with E-state index in [-0.39, 0.29) is 0 Å². The van der Waals surface area contributed by atoms with E-state index in [2.05, 4.69) is 94.2 Å². The molecule has 126 valence electrons. The van der Waals surface area contributed by atoms with Gasteiger partial charge >= 0.3 is 5.65 Å². The van der Waals surface area contributed by atoms with Crippen LogP contribution < -0.4 is 4.57 Å². The van der Waals surface area contributed by atoms with E-state index < -0.39 is 0 Å². The number of aryl methyl sites for hydroxylation is 1. The van der Waals surface area contributed by atoms with Crippen molar-refractivity contribution in [3.05, 3.63) is 89.4 Å². The number of thiophene rings is 1. The minimum atomic E-state index is 0.826. The van der Waals surface area contributed by atoms with E-state index in [1.54, 1.807) is 11.3 Å². The number of fused-ring (bicyclic) bond motifs is 3. The van der Waals surface area contributed by atoms with Gasteiger partial charge in [-0.05, 0) is 36.1 Å². The average molecular weight is 356 g/mol. The summed E-state index contributed by atoms with van der Waals surface area (Å²) >= 11 is 1.76. The molecule has 3 aromatic heterocycles. The van der Waals surface area contributed by atoms with E-state index in [1.165, 1.54) is 21.5 Å². The third-order valence-corrected chi connectivity index (χ3v) is 5.68. The van der Waals surface area contributed by atoms with Crippen molar-refractivity contribution in [3.63, 3.8) is 0 Å². The summed E-state index contributed by atoms with van der Waals surface area (Å²) in [7, 11) is 0. The third-order valence-electron chi connectivity index (χ3n) is 4.78. The number of hydrogen-bond donors (Lipinski definition) is 0. The second kappa shape index (κ2) is 6.07. The maximum atomic E-state index is 4.92. The molecular weight excluding hydrogens is 338 g/mol. The maximum absolute atomic E-state index is 4.92. The number of imidazole rings is 1. The Morgan fingerprint density at radius 1 is 0.962 bits per heavy atom. The van der Waals surface area contributed by atoms with Crippen LogP contribution in [0.3, 0.4) is 0 Å². The van der Waals surface area contributed by atoms with Crippen LogP contribution in [0.15, 0.2) is 78.2 Å². The van der Waals surface area contributed by atoms with Gasteiger partial charge in [-0.25, -0.2) is 4.57 Å². The molecule has 0 saturated heterocycles. The van der Waals surface area contributed by atoms with E-state index in [1.807, 2.05) is 0 Å². The van der Waals surface area contributed by atoms with Gasteiger partial charge in [-0.2, -0.15) is 0 Å². The fourth-order valence-electron chi connectivity index (χ4n) is 3.53. The third kappa shape index (κ3) is 2.42. The molecule has 5 rings (SSSR count). The maximum Gasteiger partial charge on any atom is 0.309 e. The van der Waals surface area contributed by atoms with Gasteiger partial charge in [0.2, 0.25) is 5.52 Å². The first-order valence-corrected chi connectivity index (χ1v) is 9.58. The fraction of sp³-hybridized carbons (Fsp3) is 0.0909. The Bertz CT molecular complexity index is 1200. The van der Waals surface area contributed by atoms with E-state index >= 15 is 0 Å². The number of hydrogen-bond acceptors (Lipinski definition) is 2. The van der Waals surface area contributed by atoms with Crippen molar-refractivity contribution in [1.29, 1.82) is 0 Å². The van der Waals surface area contributed by atoms with Gasteiger partial charge in [0, 0.05) is 16.5 Å². The Kier molecular flexibility index (Phi) is 3.57. The lowest BCUT2D eigenvalue weighted by atomic mass is 10.2. The smallest absolute Gasteiger partial charge is 0.217 e. The van der Waals surface area contributed by atoms with Crippen molar-refractivity contribution < 1.29 is 4.57 Å². The summed E-state index contributed by atoms with van der Waals surface area (Å²) in [6.45, 7) is 2.91. The van der Waals surface area contributed by atoms with Crippen LogP contribution in [-0.4, -0.2) is 9.61 Å². The summed E-state index contributed by atoms with van der Waals surface area (Å²) in [4.78, 5) is 1.26. The largest absolute Gasteiger partial charge is 0.309 e. The van der Waals surface area contributed by atoms with Gasteiger partial charge in [-0.3, -0.25) is 0 Å². The first-order valence-electron chi connectivity index (χ1n) is 8.70. The van der Waals surface area contributed by atoms with Gasteiger partial charge in [-0.15, -0.1) is 11.3 Å². The molecule has 4 heteroatoms. The Morgan fingerprint density at radius 2 is 1.77 bits per heavy atom. The standard InChI is InChI=1S/C22H18N3S/c1-16-18(21-12-7-13-26-21)14-22-24(15-17-8-3-2-4-9-17)19-10-5-6-11-20(19)25(22)23-16/h2-14H,15H2,1H3/q+1. The zero-order chi connectivity index (χ0) is 17.5. The molecular formula is C22H18N3S+. The van der Waals surface area contributed by atoms with Crippen molar-refractivity contribution in [1.82, 2.24) is 9.61 Å². The van der Waals surface area contributed by atoms with Crippen LogP contribution >= 0.6 is 11.3 Å². The minimum Gasteiger partial charge on any atom is -0.217 e. The molecule has 3 nitrogen and oxygen atoms in total. The Balaban J connectivity index is 1.81. The summed E-state index contributed by atoms with van der Waals surface area (Å²) < 4.78 is 4.43. The van der Waals surface area contributed by atoms with Crippen molar-refractivity contribution in [2.75, 3.05) is 0 Å². The molecule has 0 atom stereocenters. The average Bonchev–Trinajstić information content (AvgIpc) is 3.30. The van der Waals surface area contributed by atoms with E-state index in [0.29, 0.717) is 0 Å². The molecule has 5 aromatic rings. The van der Waals surface area contributed by atoms with Crippen molar-refractivity contribution in [2.24, 2.45) is 0 Å². The summed E-state index contributed by atoms with van der Waals surface area (Å²) in [5.41, 5.74) is 6.99. The van der Waals surface area contributed by atoms with Gasteiger partial charge in [0.05, 0.1) is 5.69 Å². The molecule has 0 aliphatic rings. The topological polar surface area (TPSA) is 21.2 Å². The molecule has 0 saturated carbocycles. The van der Waals surface area contributed by atoms with Gasteiger partial charge in [0.1, 0.15) is 6.54 Å². The van der Waals surface area contributed by atoms with Crippen LogP contribution in [0.25, 0.3) is 27.1 Å². The van der Waals surface area contributed by atoms with Crippen LogP contribution in [0.4, 0.5) is 0 Å². The lowest BCUT2D eigenvalue weighted by Gasteiger charge is -2.03. The lowest BCUT2D eigenvalue weighted by Crippen LogP contribution is -2.34. The highest BCUT2D eigenvalue weighted by Gasteiger charge is 2.22. The highest BCUT2D eigenvalue weighted by atomic mass is 32.1. The molecule has 0 spiro atoms. The molecule has 0 aliphatic carbocycles. The second-order valence-electron chi connectivity index (χ2n) is 6.45. The Labute approximate surface area is 155 Å². The Morgan fingerprint density at radius 3 is 2.58 bits per heavy atom. The summed E-state index contributed by atoms with van der Waals surface area (Å²) in [5.74, 6) is 0. The molecule has 26 heavy (non-hydrogen) atoms. The van der Waals surface area contributed by atoms with Crippen LogP contribution in [0.1, 0.15) is 11.3 Å². The zero-order valence-electron chi connectivity index (χ0n) is 14.5. The van der Waals surface area contributed by atoms with Gasteiger partial charge in [0.15, 0.2) is 5.52 Å². The lowest BCUT2D eigenvalue weighted by molar-refractivity contribution is -0.636. The Hall–Kier alpha value is -2.98. The number of para-hydroxylation sites is 2. The molecule has 0 N–H and O–H groups in total. The summed E-state index contributed by atoms with van der Waals surface area (Å²) in [6.07, 6.45) is 0. The van der Waals surface area contributed by atoms with Gasteiger partial charge in [-0.1, -0.05) is 58.1 Å². The predicted molar refractivity (Wildman–Crippen MR) is 106 cm³/mol. The fourth-order valence-corrected chi connectivity index (χ4v) is 4.32. The van der Waals surface area contributed by atoms with Crippen molar-refractivity contribution in [3.8, 4) is 10.4 Å². The van der Waals surface area contributed by atoms with E-state index in [0.717, 1.165) is 23.4 Å². The van der Waals surface area contributed by atoms with Crippen molar-refractivity contribution >= 4 is 28.0 Å². The van der Waals surface area contributed by atoms with Crippen LogP contribution in [0.5, 0.6) is 0 Å². The molecule has 0 fully saturated rings. The normalized spacial score (nSPS) is 11.4. The van der Waals surface area contributed by atoms with Gasteiger partial charge < -0.3 is 0 Å². The SMILES string of the molecule is Cc1nn2c3ccccc3[n+](Cc3ccccc3)c2cc1-c1cccs1. The molecule has 0 radical (unpaired) electrons. The zero-order valence-corrected chi connectivity index (χ0v) is 15.3. The number of nitrogens with zero attached hydrogens (tertiary/aromatic N) is 3. The highest BCUT2D eigenvalue weighted by molar-refractivity contribution is 7.13. The highest BCUT2D eigenvalue weighted by Crippen LogP contribution is 2.28. The predicted octanol–water partition coefficient (Wildman–Crippen LogP) is 4.86. The number of rotatable bonds is 3. The molecule has 2 aromatic carbocycles. The first kappa shape index (κ1) is 15.3. The van der Waals surface area contributed by atoms with Crippen LogP contribution in [-0.2, 0) is 6.54 Å².